The topological polar surface area (TPSA) is 42.3 Å². The maximum absolute atomic E-state index is 14.5. The largest absolute Gasteiger partial charge is 0.342 e. The highest BCUT2D eigenvalue weighted by Crippen LogP contribution is 2.37. The summed E-state index contributed by atoms with van der Waals surface area (Å²) >= 11 is 22.8. The molecule has 0 bridgehead atoms. The van der Waals surface area contributed by atoms with Crippen LogP contribution in [0.2, 0.25) is 15.1 Å². The zero-order chi connectivity index (χ0) is 25.6. The van der Waals surface area contributed by atoms with Crippen LogP contribution in [0, 0.1) is 5.82 Å². The molecule has 1 fully saturated rings. The van der Waals surface area contributed by atoms with Gasteiger partial charge in [0.05, 0.1) is 18.0 Å². The zero-order valence-electron chi connectivity index (χ0n) is 18.3. The minimum Gasteiger partial charge on any atom is -0.342 e. The highest BCUT2D eigenvalue weighted by molar-refractivity contribution is 9.10. The van der Waals surface area contributed by atoms with E-state index in [1.807, 2.05) is 29.0 Å². The smallest absolute Gasteiger partial charge is 0.293 e. The van der Waals surface area contributed by atoms with E-state index in [0.29, 0.717) is 31.8 Å². The molecule has 0 unspecified atom stereocenters. The zero-order valence-corrected chi connectivity index (χ0v) is 22.9. The quantitative estimate of drug-likeness (QED) is 0.209. The maximum Gasteiger partial charge on any atom is 0.293 e. The molecule has 182 valence electrons. The molecule has 3 aromatic carbocycles. The van der Waals surface area contributed by atoms with Crippen LogP contribution in [0.1, 0.15) is 16.7 Å². The number of fused-ring (bicyclic) bond motifs is 1. The van der Waals surface area contributed by atoms with E-state index in [1.165, 1.54) is 6.07 Å². The van der Waals surface area contributed by atoms with Crippen molar-refractivity contribution in [3.05, 3.63) is 108 Å². The number of nitrogens with zero attached hydrogens (tertiary/aromatic N) is 2. The van der Waals surface area contributed by atoms with E-state index in [9.17, 15) is 14.0 Å². The first-order chi connectivity index (χ1) is 17.2. The van der Waals surface area contributed by atoms with Crippen molar-refractivity contribution in [1.29, 1.82) is 0 Å². The Kier molecular flexibility index (Phi) is 7.21. The summed E-state index contributed by atoms with van der Waals surface area (Å²) in [6.45, 7) is 0.241. The number of aromatic nitrogens is 1. The molecule has 2 amide bonds. The molecule has 0 atom stereocenters. The van der Waals surface area contributed by atoms with Crippen LogP contribution >= 0.6 is 62.5 Å². The second-order valence-electron chi connectivity index (χ2n) is 8.08. The van der Waals surface area contributed by atoms with Crippen LogP contribution in [-0.2, 0) is 17.9 Å². The first-order valence-corrected chi connectivity index (χ1v) is 13.4. The van der Waals surface area contributed by atoms with Crippen LogP contribution in [0.5, 0.6) is 0 Å². The van der Waals surface area contributed by atoms with Gasteiger partial charge >= 0.3 is 0 Å². The van der Waals surface area contributed by atoms with Gasteiger partial charge in [0.15, 0.2) is 0 Å². The summed E-state index contributed by atoms with van der Waals surface area (Å²) < 4.78 is 17.2. The van der Waals surface area contributed by atoms with E-state index in [2.05, 4.69) is 15.9 Å². The van der Waals surface area contributed by atoms with E-state index in [1.54, 1.807) is 36.4 Å². The van der Waals surface area contributed by atoms with Crippen LogP contribution in [-0.4, -0.2) is 20.6 Å². The van der Waals surface area contributed by atoms with Crippen molar-refractivity contribution < 1.29 is 14.0 Å². The molecule has 0 aliphatic carbocycles. The SMILES string of the molecule is O=C1S/C(=C\c2cn(Cc3c(F)cccc3Cl)c3ccc(Br)cc23)C(=O)N1Cc1ccc(Cl)cc1Cl. The lowest BCUT2D eigenvalue weighted by Gasteiger charge is -2.13. The second-order valence-corrected chi connectivity index (χ2v) is 11.2. The Bertz CT molecular complexity index is 1570. The number of imide groups is 1. The Balaban J connectivity index is 1.51. The normalized spacial score (nSPS) is 15.0. The van der Waals surface area contributed by atoms with Gasteiger partial charge in [0.2, 0.25) is 0 Å². The number of thioether (sulfide) groups is 1. The molecule has 0 saturated carbocycles. The molecule has 1 aliphatic rings. The Morgan fingerprint density at radius 1 is 0.972 bits per heavy atom. The van der Waals surface area contributed by atoms with Crippen molar-refractivity contribution in [2.75, 3.05) is 0 Å². The van der Waals surface area contributed by atoms with Crippen LogP contribution in [0.15, 0.2) is 70.2 Å². The minimum absolute atomic E-state index is 0.0388. The van der Waals surface area contributed by atoms with Gasteiger partial charge in [-0.25, -0.2) is 4.39 Å². The Morgan fingerprint density at radius 3 is 2.53 bits per heavy atom. The van der Waals surface area contributed by atoms with Gasteiger partial charge in [0.25, 0.3) is 11.1 Å². The van der Waals surface area contributed by atoms with Crippen molar-refractivity contribution in [3.63, 3.8) is 0 Å². The molecule has 36 heavy (non-hydrogen) atoms. The van der Waals surface area contributed by atoms with Crippen molar-refractivity contribution >= 4 is 90.6 Å². The fourth-order valence-electron chi connectivity index (χ4n) is 3.99. The molecule has 4 aromatic rings. The Morgan fingerprint density at radius 2 is 1.78 bits per heavy atom. The summed E-state index contributed by atoms with van der Waals surface area (Å²) in [6, 6.07) is 15.2. The first kappa shape index (κ1) is 25.4. The molecule has 5 rings (SSSR count). The van der Waals surface area contributed by atoms with Gasteiger partial charge in [-0.05, 0) is 65.9 Å². The average Bonchev–Trinajstić information content (AvgIpc) is 3.29. The van der Waals surface area contributed by atoms with Crippen molar-refractivity contribution in [2.24, 2.45) is 0 Å². The van der Waals surface area contributed by atoms with Gasteiger partial charge in [-0.1, -0.05) is 62.9 Å². The lowest BCUT2D eigenvalue weighted by molar-refractivity contribution is -0.123. The minimum atomic E-state index is -0.413. The highest BCUT2D eigenvalue weighted by Gasteiger charge is 2.35. The third-order valence-corrected chi connectivity index (χ3v) is 8.11. The fourth-order valence-corrected chi connectivity index (χ4v) is 5.88. The van der Waals surface area contributed by atoms with Crippen LogP contribution in [0.4, 0.5) is 9.18 Å². The molecular formula is C26H15BrCl3FN2O2S. The fraction of sp³-hybridized carbons (Fsp3) is 0.0769. The van der Waals surface area contributed by atoms with Crippen LogP contribution in [0.25, 0.3) is 17.0 Å². The molecule has 0 radical (unpaired) electrons. The summed E-state index contributed by atoms with van der Waals surface area (Å²) in [4.78, 5) is 27.3. The number of carbonyl (C=O) groups excluding carboxylic acids is 2. The molecule has 0 N–H and O–H groups in total. The van der Waals surface area contributed by atoms with Gasteiger partial charge in [-0.3, -0.25) is 14.5 Å². The predicted molar refractivity (Wildman–Crippen MR) is 148 cm³/mol. The summed E-state index contributed by atoms with van der Waals surface area (Å²) in [6.07, 6.45) is 3.51. The summed E-state index contributed by atoms with van der Waals surface area (Å²) in [5.41, 5.74) is 2.53. The van der Waals surface area contributed by atoms with Crippen LogP contribution in [0.3, 0.4) is 0 Å². The molecule has 1 saturated heterocycles. The second kappa shape index (κ2) is 10.2. The third kappa shape index (κ3) is 4.95. The Labute approximate surface area is 233 Å². The maximum atomic E-state index is 14.5. The predicted octanol–water partition coefficient (Wildman–Crippen LogP) is 8.79. The summed E-state index contributed by atoms with van der Waals surface area (Å²) in [7, 11) is 0. The lowest BCUT2D eigenvalue weighted by atomic mass is 10.1. The monoisotopic (exact) mass is 622 g/mol. The van der Waals surface area contributed by atoms with Gasteiger partial charge in [0, 0.05) is 47.8 Å². The van der Waals surface area contributed by atoms with E-state index in [0.717, 1.165) is 32.0 Å². The Hall–Kier alpha value is -2.29. The number of halogens is 5. The van der Waals surface area contributed by atoms with Gasteiger partial charge in [-0.15, -0.1) is 0 Å². The standard InChI is InChI=1S/C26H15BrCl3FN2O2S/c27-16-5-7-23-18(9-16)15(11-32(23)13-19-20(29)2-1-3-22(19)31)8-24-25(34)33(26(35)36-24)12-14-4-6-17(28)10-21(14)30/h1-11H,12-13H2/b24-8-. The van der Waals surface area contributed by atoms with Gasteiger partial charge in [-0.2, -0.15) is 0 Å². The number of amides is 2. The van der Waals surface area contributed by atoms with Crippen LogP contribution < -0.4 is 0 Å². The lowest BCUT2D eigenvalue weighted by Crippen LogP contribution is -2.27. The summed E-state index contributed by atoms with van der Waals surface area (Å²) in [5, 5.41) is 1.63. The van der Waals surface area contributed by atoms with Gasteiger partial charge in [0.1, 0.15) is 5.82 Å². The first-order valence-electron chi connectivity index (χ1n) is 10.6. The summed E-state index contributed by atoms with van der Waals surface area (Å²) in [5.74, 6) is -0.811. The molecule has 1 aliphatic heterocycles. The number of rotatable bonds is 5. The van der Waals surface area contributed by atoms with E-state index < -0.39 is 11.7 Å². The van der Waals surface area contributed by atoms with E-state index in [4.69, 9.17) is 34.8 Å². The molecule has 10 heteroatoms. The number of hydrogen-bond acceptors (Lipinski definition) is 3. The number of carbonyl (C=O) groups is 2. The third-order valence-electron chi connectivity index (χ3n) is 5.77. The highest BCUT2D eigenvalue weighted by atomic mass is 79.9. The number of benzene rings is 3. The molecule has 0 spiro atoms. The average molecular weight is 625 g/mol. The van der Waals surface area contributed by atoms with E-state index >= 15 is 0 Å². The number of hydrogen-bond donors (Lipinski definition) is 0. The van der Waals surface area contributed by atoms with Gasteiger partial charge < -0.3 is 4.57 Å². The molecular weight excluding hydrogens is 610 g/mol. The molecule has 2 heterocycles. The van der Waals surface area contributed by atoms with Crippen molar-refractivity contribution in [1.82, 2.24) is 9.47 Å². The molecule has 1 aromatic heterocycles. The van der Waals surface area contributed by atoms with Crippen molar-refractivity contribution in [2.45, 2.75) is 13.1 Å². The van der Waals surface area contributed by atoms with Crippen molar-refractivity contribution in [3.8, 4) is 0 Å². The van der Waals surface area contributed by atoms with E-state index in [-0.39, 0.29) is 23.2 Å². The molecule has 4 nitrogen and oxygen atoms in total.